The number of aryl methyl sites for hydroxylation is 1. The average molecular weight is 208 g/mol. The Hall–Kier alpha value is -0.860. The summed E-state index contributed by atoms with van der Waals surface area (Å²) in [5.41, 5.74) is 1.23. The van der Waals surface area contributed by atoms with Crippen molar-refractivity contribution in [2.24, 2.45) is 5.92 Å². The second kappa shape index (κ2) is 5.89. The van der Waals surface area contributed by atoms with Crippen LogP contribution in [-0.2, 0) is 6.42 Å². The minimum Gasteiger partial charge on any atom is -0.393 e. The summed E-state index contributed by atoms with van der Waals surface area (Å²) in [5, 5.41) is 19.1. The molecule has 3 atom stereocenters. The number of hydrogen-bond acceptors (Lipinski definition) is 2. The molecule has 1 aromatic carbocycles. The van der Waals surface area contributed by atoms with Crippen molar-refractivity contribution in [1.29, 1.82) is 0 Å². The van der Waals surface area contributed by atoms with Gasteiger partial charge in [0.25, 0.3) is 0 Å². The number of aliphatic hydroxyl groups excluding tert-OH is 2. The molecule has 0 aliphatic rings. The highest BCUT2D eigenvalue weighted by atomic mass is 16.3. The Morgan fingerprint density at radius 1 is 1.07 bits per heavy atom. The molecule has 0 unspecified atom stereocenters. The van der Waals surface area contributed by atoms with E-state index in [9.17, 15) is 10.2 Å². The van der Waals surface area contributed by atoms with E-state index in [4.69, 9.17) is 0 Å². The summed E-state index contributed by atoms with van der Waals surface area (Å²) >= 11 is 0. The fourth-order valence-corrected chi connectivity index (χ4v) is 1.54. The van der Waals surface area contributed by atoms with Crippen LogP contribution in [0.4, 0.5) is 0 Å². The molecule has 0 saturated heterocycles. The van der Waals surface area contributed by atoms with E-state index < -0.39 is 12.2 Å². The third-order valence-electron chi connectivity index (χ3n) is 2.94. The van der Waals surface area contributed by atoms with Crippen LogP contribution in [0.25, 0.3) is 0 Å². The van der Waals surface area contributed by atoms with Gasteiger partial charge in [0.05, 0.1) is 12.2 Å². The zero-order valence-corrected chi connectivity index (χ0v) is 9.43. The summed E-state index contributed by atoms with van der Waals surface area (Å²) in [6, 6.07) is 10.1. The molecule has 0 heterocycles. The molecular weight excluding hydrogens is 188 g/mol. The predicted octanol–water partition coefficient (Wildman–Crippen LogP) is 2.00. The Labute approximate surface area is 91.6 Å². The Morgan fingerprint density at radius 2 is 1.67 bits per heavy atom. The maximum absolute atomic E-state index is 9.79. The Morgan fingerprint density at radius 3 is 2.20 bits per heavy atom. The molecule has 2 heteroatoms. The fourth-order valence-electron chi connectivity index (χ4n) is 1.54. The number of aliphatic hydroxyl groups is 2. The monoisotopic (exact) mass is 208 g/mol. The van der Waals surface area contributed by atoms with Gasteiger partial charge in [0, 0.05) is 5.92 Å². The first-order valence-corrected chi connectivity index (χ1v) is 5.51. The molecule has 0 amide bonds. The largest absolute Gasteiger partial charge is 0.393 e. The van der Waals surface area contributed by atoms with E-state index in [0.29, 0.717) is 6.42 Å². The lowest BCUT2D eigenvalue weighted by Gasteiger charge is -2.21. The lowest BCUT2D eigenvalue weighted by atomic mass is 9.94. The Kier molecular flexibility index (Phi) is 4.79. The van der Waals surface area contributed by atoms with Gasteiger partial charge in [0.15, 0.2) is 0 Å². The normalized spacial score (nSPS) is 17.1. The second-order valence-corrected chi connectivity index (χ2v) is 4.19. The highest BCUT2D eigenvalue weighted by molar-refractivity contribution is 5.14. The van der Waals surface area contributed by atoms with Gasteiger partial charge in [0.1, 0.15) is 0 Å². The van der Waals surface area contributed by atoms with E-state index in [1.807, 2.05) is 25.1 Å². The van der Waals surface area contributed by atoms with Gasteiger partial charge >= 0.3 is 0 Å². The molecule has 15 heavy (non-hydrogen) atoms. The van der Waals surface area contributed by atoms with E-state index in [0.717, 1.165) is 6.42 Å². The van der Waals surface area contributed by atoms with Crippen molar-refractivity contribution in [2.75, 3.05) is 0 Å². The van der Waals surface area contributed by atoms with E-state index in [2.05, 4.69) is 12.1 Å². The molecule has 2 nitrogen and oxygen atoms in total. The standard InChI is InChI=1S/C13H20O2/c1-10(11(2)14)13(15)9-8-12-6-4-3-5-7-12/h3-7,10-11,13-15H,8-9H2,1-2H3/t10-,11+,13+/m1/s1. The minimum absolute atomic E-state index is 0.0614. The molecule has 84 valence electrons. The first-order valence-electron chi connectivity index (χ1n) is 5.51. The van der Waals surface area contributed by atoms with Crippen LogP contribution in [0.3, 0.4) is 0 Å². The predicted molar refractivity (Wildman–Crippen MR) is 61.6 cm³/mol. The van der Waals surface area contributed by atoms with Gasteiger partial charge < -0.3 is 10.2 Å². The molecule has 0 aliphatic carbocycles. The van der Waals surface area contributed by atoms with Gasteiger partial charge in [0.2, 0.25) is 0 Å². The van der Waals surface area contributed by atoms with Crippen LogP contribution < -0.4 is 0 Å². The average Bonchev–Trinajstić information content (AvgIpc) is 2.26. The molecule has 0 fully saturated rings. The van der Waals surface area contributed by atoms with Crippen LogP contribution in [0, 0.1) is 5.92 Å². The van der Waals surface area contributed by atoms with Crippen LogP contribution in [0.1, 0.15) is 25.8 Å². The summed E-state index contributed by atoms with van der Waals surface area (Å²) in [6.45, 7) is 3.59. The Balaban J connectivity index is 2.37. The molecule has 0 aromatic heterocycles. The maximum Gasteiger partial charge on any atom is 0.0593 e. The lowest BCUT2D eigenvalue weighted by molar-refractivity contribution is 0.0273. The molecular formula is C13H20O2. The molecule has 0 saturated carbocycles. The summed E-state index contributed by atoms with van der Waals surface area (Å²) in [4.78, 5) is 0. The van der Waals surface area contributed by atoms with Crippen LogP contribution in [0.2, 0.25) is 0 Å². The third kappa shape index (κ3) is 4.02. The number of rotatable bonds is 5. The molecule has 0 bridgehead atoms. The molecule has 1 aromatic rings. The van der Waals surface area contributed by atoms with Crippen LogP contribution in [-0.4, -0.2) is 22.4 Å². The van der Waals surface area contributed by atoms with Gasteiger partial charge in [-0.05, 0) is 25.3 Å². The first-order chi connectivity index (χ1) is 7.11. The van der Waals surface area contributed by atoms with Gasteiger partial charge in [-0.25, -0.2) is 0 Å². The van der Waals surface area contributed by atoms with Gasteiger partial charge in [-0.1, -0.05) is 37.3 Å². The summed E-state index contributed by atoms with van der Waals surface area (Å²) < 4.78 is 0. The topological polar surface area (TPSA) is 40.5 Å². The van der Waals surface area contributed by atoms with E-state index in [-0.39, 0.29) is 5.92 Å². The van der Waals surface area contributed by atoms with Crippen molar-refractivity contribution in [3.05, 3.63) is 35.9 Å². The molecule has 0 aliphatic heterocycles. The molecule has 0 spiro atoms. The fraction of sp³-hybridized carbons (Fsp3) is 0.538. The third-order valence-corrected chi connectivity index (χ3v) is 2.94. The van der Waals surface area contributed by atoms with E-state index >= 15 is 0 Å². The summed E-state index contributed by atoms with van der Waals surface area (Å²) in [7, 11) is 0. The van der Waals surface area contributed by atoms with Gasteiger partial charge in [-0.15, -0.1) is 0 Å². The zero-order chi connectivity index (χ0) is 11.3. The van der Waals surface area contributed by atoms with Gasteiger partial charge in [-0.3, -0.25) is 0 Å². The van der Waals surface area contributed by atoms with E-state index in [1.165, 1.54) is 5.56 Å². The second-order valence-electron chi connectivity index (χ2n) is 4.19. The van der Waals surface area contributed by atoms with Crippen LogP contribution >= 0.6 is 0 Å². The highest BCUT2D eigenvalue weighted by Crippen LogP contribution is 2.14. The van der Waals surface area contributed by atoms with Crippen LogP contribution in [0.15, 0.2) is 30.3 Å². The minimum atomic E-state index is -0.448. The quantitative estimate of drug-likeness (QED) is 0.777. The van der Waals surface area contributed by atoms with Crippen molar-refractivity contribution in [1.82, 2.24) is 0 Å². The number of benzene rings is 1. The summed E-state index contributed by atoms with van der Waals surface area (Å²) in [5.74, 6) is -0.0614. The molecule has 2 N–H and O–H groups in total. The van der Waals surface area contributed by atoms with Crippen molar-refractivity contribution < 1.29 is 10.2 Å². The molecule has 0 radical (unpaired) electrons. The lowest BCUT2D eigenvalue weighted by Crippen LogP contribution is -2.27. The van der Waals surface area contributed by atoms with Crippen molar-refractivity contribution in [3.8, 4) is 0 Å². The Bertz CT molecular complexity index is 269. The van der Waals surface area contributed by atoms with Gasteiger partial charge in [-0.2, -0.15) is 0 Å². The zero-order valence-electron chi connectivity index (χ0n) is 9.43. The van der Waals surface area contributed by atoms with Crippen LogP contribution in [0.5, 0.6) is 0 Å². The smallest absolute Gasteiger partial charge is 0.0593 e. The first kappa shape index (κ1) is 12.2. The number of hydrogen-bond donors (Lipinski definition) is 2. The van der Waals surface area contributed by atoms with E-state index in [1.54, 1.807) is 6.92 Å². The van der Waals surface area contributed by atoms with Crippen molar-refractivity contribution in [3.63, 3.8) is 0 Å². The highest BCUT2D eigenvalue weighted by Gasteiger charge is 2.18. The molecule has 1 rings (SSSR count). The SMILES string of the molecule is C[C@H]([C@H](C)O)[C@@H](O)CCc1ccccc1. The maximum atomic E-state index is 9.79. The van der Waals surface area contributed by atoms with Crippen molar-refractivity contribution >= 4 is 0 Å². The summed E-state index contributed by atoms with van der Waals surface area (Å²) in [6.07, 6.45) is 0.691. The van der Waals surface area contributed by atoms with Crippen molar-refractivity contribution in [2.45, 2.75) is 38.9 Å².